The topological polar surface area (TPSA) is 50.3 Å². The first-order valence-electron chi connectivity index (χ1n) is 9.16. The van der Waals surface area contributed by atoms with Gasteiger partial charge in [0.2, 0.25) is 0 Å². The number of aryl methyl sites for hydroxylation is 1. The van der Waals surface area contributed by atoms with Gasteiger partial charge < -0.3 is 10.1 Å². The molecule has 25 heavy (non-hydrogen) atoms. The first-order chi connectivity index (χ1) is 12.2. The lowest BCUT2D eigenvalue weighted by molar-refractivity contribution is -0.0535. The predicted octanol–water partition coefficient (Wildman–Crippen LogP) is 3.02. The monoisotopic (exact) mass is 338 g/mol. The Balaban J connectivity index is 1.37. The number of piperidine rings is 1. The van der Waals surface area contributed by atoms with Crippen molar-refractivity contribution >= 4 is 5.69 Å². The lowest BCUT2D eigenvalue weighted by Gasteiger charge is -2.39. The van der Waals surface area contributed by atoms with E-state index < -0.39 is 0 Å². The fourth-order valence-electron chi connectivity index (χ4n) is 4.15. The van der Waals surface area contributed by atoms with Crippen LogP contribution in [0.2, 0.25) is 0 Å². The minimum Gasteiger partial charge on any atom is -0.379 e. The molecule has 2 aliphatic rings. The number of aromatic nitrogens is 2. The smallest absolute Gasteiger partial charge is 0.0830 e. The Morgan fingerprint density at radius 3 is 3.12 bits per heavy atom. The first kappa shape index (κ1) is 16.5. The Labute approximate surface area is 149 Å². The van der Waals surface area contributed by atoms with Gasteiger partial charge in [0.15, 0.2) is 0 Å². The summed E-state index contributed by atoms with van der Waals surface area (Å²) in [5.74, 6) is 0. The van der Waals surface area contributed by atoms with Crippen molar-refractivity contribution in [2.75, 3.05) is 25.0 Å². The zero-order valence-corrected chi connectivity index (χ0v) is 14.8. The van der Waals surface area contributed by atoms with Crippen LogP contribution in [0.25, 0.3) is 0 Å². The van der Waals surface area contributed by atoms with Crippen LogP contribution < -0.4 is 5.32 Å². The van der Waals surface area contributed by atoms with Crippen LogP contribution in [0.1, 0.15) is 30.7 Å². The van der Waals surface area contributed by atoms with Crippen LogP contribution in [0.4, 0.5) is 5.69 Å². The van der Waals surface area contributed by atoms with Crippen molar-refractivity contribution < 1.29 is 4.74 Å². The highest BCUT2D eigenvalue weighted by Gasteiger charge is 2.43. The summed E-state index contributed by atoms with van der Waals surface area (Å²) in [4.78, 5) is 11.3. The molecule has 2 saturated heterocycles. The van der Waals surface area contributed by atoms with Crippen LogP contribution in [-0.4, -0.2) is 46.2 Å². The van der Waals surface area contributed by atoms with Gasteiger partial charge in [0.1, 0.15) is 0 Å². The summed E-state index contributed by atoms with van der Waals surface area (Å²) in [5.41, 5.74) is 3.30. The summed E-state index contributed by atoms with van der Waals surface area (Å²) in [7, 11) is 0. The maximum Gasteiger partial charge on any atom is 0.0830 e. The zero-order valence-electron chi connectivity index (χ0n) is 14.8. The molecule has 4 rings (SSSR count). The third kappa shape index (κ3) is 3.99. The third-order valence-electron chi connectivity index (χ3n) is 5.19. The number of nitrogens with one attached hydrogen (secondary N) is 1. The standard InChI is InChI=1S/C20H26N4O/c1-16-5-2-6-18(22-16)13-24-10-4-8-20(15-24)11-19(14-25-20)23-17-7-3-9-21-12-17/h2-3,5-7,9,12,19,23H,4,8,10-11,13-15H2,1H3/t19-,20+/m1/s1. The van der Waals surface area contributed by atoms with E-state index in [1.54, 1.807) is 6.20 Å². The van der Waals surface area contributed by atoms with Crippen LogP contribution in [0.3, 0.4) is 0 Å². The van der Waals surface area contributed by atoms with Crippen molar-refractivity contribution in [3.8, 4) is 0 Å². The predicted molar refractivity (Wildman–Crippen MR) is 98.4 cm³/mol. The normalized spacial score (nSPS) is 26.8. The molecule has 5 nitrogen and oxygen atoms in total. The van der Waals surface area contributed by atoms with Gasteiger partial charge in [-0.05, 0) is 57.0 Å². The van der Waals surface area contributed by atoms with E-state index in [4.69, 9.17) is 4.74 Å². The molecule has 2 aromatic heterocycles. The molecule has 0 aromatic carbocycles. The summed E-state index contributed by atoms with van der Waals surface area (Å²) >= 11 is 0. The minimum atomic E-state index is -0.0120. The molecule has 0 amide bonds. The molecule has 132 valence electrons. The Morgan fingerprint density at radius 2 is 2.28 bits per heavy atom. The highest BCUT2D eigenvalue weighted by molar-refractivity contribution is 5.41. The molecular weight excluding hydrogens is 312 g/mol. The number of pyridine rings is 2. The molecule has 0 saturated carbocycles. The van der Waals surface area contributed by atoms with E-state index in [1.807, 2.05) is 12.3 Å². The Bertz CT molecular complexity index is 708. The van der Waals surface area contributed by atoms with Crippen LogP contribution in [0.5, 0.6) is 0 Å². The Morgan fingerprint density at radius 1 is 1.32 bits per heavy atom. The molecule has 0 radical (unpaired) electrons. The quantitative estimate of drug-likeness (QED) is 0.929. The number of hydrogen-bond acceptors (Lipinski definition) is 5. The van der Waals surface area contributed by atoms with E-state index in [9.17, 15) is 0 Å². The number of likely N-dealkylation sites (tertiary alicyclic amines) is 1. The summed E-state index contributed by atoms with van der Waals surface area (Å²) in [6.07, 6.45) is 7.07. The highest BCUT2D eigenvalue weighted by atomic mass is 16.5. The first-order valence-corrected chi connectivity index (χ1v) is 9.16. The van der Waals surface area contributed by atoms with Gasteiger partial charge in [-0.1, -0.05) is 6.07 Å². The van der Waals surface area contributed by atoms with E-state index in [-0.39, 0.29) is 5.60 Å². The number of nitrogens with zero attached hydrogens (tertiary/aromatic N) is 3. The van der Waals surface area contributed by atoms with Gasteiger partial charge in [-0.15, -0.1) is 0 Å². The Hall–Kier alpha value is -1.98. The van der Waals surface area contributed by atoms with Crippen molar-refractivity contribution in [1.82, 2.24) is 14.9 Å². The van der Waals surface area contributed by atoms with E-state index in [0.29, 0.717) is 6.04 Å². The number of hydrogen-bond donors (Lipinski definition) is 1. The molecule has 0 aliphatic carbocycles. The van der Waals surface area contributed by atoms with Gasteiger partial charge in [0.05, 0.1) is 29.6 Å². The van der Waals surface area contributed by atoms with Gasteiger partial charge in [0, 0.05) is 31.2 Å². The summed E-state index contributed by atoms with van der Waals surface area (Å²) in [6.45, 7) is 5.85. The maximum atomic E-state index is 6.31. The fourth-order valence-corrected chi connectivity index (χ4v) is 4.15. The SMILES string of the molecule is Cc1cccc(CN2CCC[C@]3(C[C@@H](Nc4cccnc4)CO3)C2)n1. The molecule has 5 heteroatoms. The largest absolute Gasteiger partial charge is 0.379 e. The fraction of sp³-hybridized carbons (Fsp3) is 0.500. The molecule has 0 unspecified atom stereocenters. The molecule has 4 heterocycles. The van der Waals surface area contributed by atoms with E-state index >= 15 is 0 Å². The maximum absolute atomic E-state index is 6.31. The molecular formula is C20H26N4O. The van der Waals surface area contributed by atoms with Crippen molar-refractivity contribution in [2.24, 2.45) is 0 Å². The average molecular weight is 338 g/mol. The van der Waals surface area contributed by atoms with E-state index in [2.05, 4.69) is 51.4 Å². The highest BCUT2D eigenvalue weighted by Crippen LogP contribution is 2.36. The van der Waals surface area contributed by atoms with E-state index in [0.717, 1.165) is 56.2 Å². The lowest BCUT2D eigenvalue weighted by atomic mass is 9.88. The van der Waals surface area contributed by atoms with E-state index in [1.165, 1.54) is 6.42 Å². The molecule has 2 aliphatic heterocycles. The van der Waals surface area contributed by atoms with Gasteiger partial charge in [-0.3, -0.25) is 14.9 Å². The van der Waals surface area contributed by atoms with Crippen LogP contribution >= 0.6 is 0 Å². The molecule has 2 aromatic rings. The third-order valence-corrected chi connectivity index (χ3v) is 5.19. The molecule has 2 fully saturated rings. The van der Waals surface area contributed by atoms with Gasteiger partial charge in [-0.25, -0.2) is 0 Å². The van der Waals surface area contributed by atoms with Crippen LogP contribution in [-0.2, 0) is 11.3 Å². The second-order valence-corrected chi connectivity index (χ2v) is 7.37. The second-order valence-electron chi connectivity index (χ2n) is 7.37. The van der Waals surface area contributed by atoms with Crippen LogP contribution in [0.15, 0.2) is 42.7 Å². The Kier molecular flexibility index (Phi) is 4.68. The summed E-state index contributed by atoms with van der Waals surface area (Å²) in [5, 5.41) is 3.57. The summed E-state index contributed by atoms with van der Waals surface area (Å²) in [6, 6.07) is 10.7. The molecule has 2 atom stereocenters. The molecule has 0 bridgehead atoms. The van der Waals surface area contributed by atoms with Crippen molar-refractivity contribution in [3.63, 3.8) is 0 Å². The molecule has 1 N–H and O–H groups in total. The van der Waals surface area contributed by atoms with Crippen molar-refractivity contribution in [1.29, 1.82) is 0 Å². The average Bonchev–Trinajstić information content (AvgIpc) is 2.97. The van der Waals surface area contributed by atoms with Crippen LogP contribution in [0, 0.1) is 6.92 Å². The van der Waals surface area contributed by atoms with Gasteiger partial charge >= 0.3 is 0 Å². The lowest BCUT2D eigenvalue weighted by Crippen LogP contribution is -2.47. The molecule has 1 spiro atoms. The number of anilines is 1. The number of ether oxygens (including phenoxy) is 1. The summed E-state index contributed by atoms with van der Waals surface area (Å²) < 4.78 is 6.31. The van der Waals surface area contributed by atoms with Crippen molar-refractivity contribution in [2.45, 2.75) is 44.4 Å². The van der Waals surface area contributed by atoms with Gasteiger partial charge in [-0.2, -0.15) is 0 Å². The minimum absolute atomic E-state index is 0.0120. The second kappa shape index (κ2) is 7.10. The number of rotatable bonds is 4. The van der Waals surface area contributed by atoms with Gasteiger partial charge in [0.25, 0.3) is 0 Å². The zero-order chi connectivity index (χ0) is 17.1. The van der Waals surface area contributed by atoms with Crippen molar-refractivity contribution in [3.05, 3.63) is 54.1 Å².